The van der Waals surface area contributed by atoms with Gasteiger partial charge in [0.2, 0.25) is 5.91 Å². The van der Waals surface area contributed by atoms with Crippen LogP contribution in [-0.2, 0) is 11.3 Å². The van der Waals surface area contributed by atoms with Gasteiger partial charge in [-0.3, -0.25) is 9.69 Å². The van der Waals surface area contributed by atoms with Crippen LogP contribution >= 0.6 is 0 Å². The maximum atomic E-state index is 13.5. The topological polar surface area (TPSA) is 44.6 Å². The molecule has 3 heterocycles. The number of fused-ring (bicyclic) bond motifs is 1. The Kier molecular flexibility index (Phi) is 6.83. The molecule has 2 fully saturated rings. The molecule has 5 rings (SSSR count). The fourth-order valence-electron chi connectivity index (χ4n) is 5.89. The molecule has 0 radical (unpaired) electrons. The van der Waals surface area contributed by atoms with Crippen molar-refractivity contribution in [3.8, 4) is 0 Å². The highest BCUT2D eigenvalue weighted by atomic mass is 16.2. The summed E-state index contributed by atoms with van der Waals surface area (Å²) in [5.74, 6) is 1.54. The SMILES string of the molecule is Cc1cccc(N2CCN(C(=O)[C@@H]3CCCN(Cc4nc5ccccc5n4C(C)C)C3)CC2)c1C. The number of carbonyl (C=O) groups excluding carboxylic acids is 1. The minimum absolute atomic E-state index is 0.0906. The minimum atomic E-state index is 0.0906. The van der Waals surface area contributed by atoms with Crippen LogP contribution in [0.25, 0.3) is 11.0 Å². The van der Waals surface area contributed by atoms with Crippen molar-refractivity contribution in [1.82, 2.24) is 19.4 Å². The molecular weight excluding hydrogens is 434 g/mol. The number of likely N-dealkylation sites (tertiary alicyclic amines) is 1. The van der Waals surface area contributed by atoms with Crippen LogP contribution in [0, 0.1) is 19.8 Å². The van der Waals surface area contributed by atoms with Crippen molar-refractivity contribution in [2.75, 3.05) is 44.2 Å². The van der Waals surface area contributed by atoms with Crippen molar-refractivity contribution < 1.29 is 4.79 Å². The third-order valence-corrected chi connectivity index (χ3v) is 7.91. The Morgan fingerprint density at radius 3 is 2.54 bits per heavy atom. The molecule has 0 bridgehead atoms. The van der Waals surface area contributed by atoms with E-state index in [-0.39, 0.29) is 5.92 Å². The normalized spacial score (nSPS) is 19.6. The number of carbonyl (C=O) groups is 1. The van der Waals surface area contributed by atoms with Gasteiger partial charge >= 0.3 is 0 Å². The van der Waals surface area contributed by atoms with E-state index in [2.05, 4.69) is 89.4 Å². The van der Waals surface area contributed by atoms with E-state index in [0.717, 1.165) is 70.0 Å². The number of aryl methyl sites for hydroxylation is 1. The second-order valence-corrected chi connectivity index (χ2v) is 10.6. The van der Waals surface area contributed by atoms with Crippen LogP contribution in [0.5, 0.6) is 0 Å². The number of imidazole rings is 1. The molecule has 0 saturated carbocycles. The highest BCUT2D eigenvalue weighted by Gasteiger charge is 2.32. The number of amides is 1. The van der Waals surface area contributed by atoms with Crippen LogP contribution in [-0.4, -0.2) is 64.5 Å². The van der Waals surface area contributed by atoms with Gasteiger partial charge in [0.15, 0.2) is 0 Å². The molecule has 2 aliphatic heterocycles. The Bertz CT molecular complexity index is 1190. The molecule has 186 valence electrons. The maximum Gasteiger partial charge on any atom is 0.227 e. The van der Waals surface area contributed by atoms with Gasteiger partial charge in [-0.25, -0.2) is 4.98 Å². The standard InChI is InChI=1S/C29H39N5O/c1-21(2)34-27-12-6-5-11-25(27)30-28(34)20-31-14-8-10-24(19-31)29(35)33-17-15-32(16-18-33)26-13-7-9-22(3)23(26)4/h5-7,9,11-13,21,24H,8,10,14-20H2,1-4H3/t24-/m1/s1. The third-order valence-electron chi connectivity index (χ3n) is 7.91. The minimum Gasteiger partial charge on any atom is -0.368 e. The zero-order chi connectivity index (χ0) is 24.5. The molecule has 35 heavy (non-hydrogen) atoms. The molecule has 1 amide bonds. The van der Waals surface area contributed by atoms with E-state index in [4.69, 9.17) is 4.98 Å². The number of anilines is 1. The van der Waals surface area contributed by atoms with Crippen LogP contribution in [0.15, 0.2) is 42.5 Å². The van der Waals surface area contributed by atoms with E-state index in [1.165, 1.54) is 22.3 Å². The van der Waals surface area contributed by atoms with E-state index in [9.17, 15) is 4.79 Å². The monoisotopic (exact) mass is 473 g/mol. The summed E-state index contributed by atoms with van der Waals surface area (Å²) >= 11 is 0. The first-order valence-electron chi connectivity index (χ1n) is 13.2. The van der Waals surface area contributed by atoms with Gasteiger partial charge in [-0.1, -0.05) is 24.3 Å². The molecule has 0 unspecified atom stereocenters. The fourth-order valence-corrected chi connectivity index (χ4v) is 5.89. The molecule has 1 aromatic heterocycles. The molecule has 1 atom stereocenters. The van der Waals surface area contributed by atoms with E-state index in [1.807, 2.05) is 0 Å². The van der Waals surface area contributed by atoms with Crippen molar-refractivity contribution >= 4 is 22.6 Å². The average Bonchev–Trinajstić information content (AvgIpc) is 3.23. The fraction of sp³-hybridized carbons (Fsp3) is 0.517. The number of nitrogens with zero attached hydrogens (tertiary/aromatic N) is 5. The molecule has 2 saturated heterocycles. The van der Waals surface area contributed by atoms with Crippen molar-refractivity contribution in [1.29, 1.82) is 0 Å². The first-order valence-corrected chi connectivity index (χ1v) is 13.2. The summed E-state index contributed by atoms with van der Waals surface area (Å²) in [5, 5.41) is 0. The second kappa shape index (κ2) is 10.0. The smallest absolute Gasteiger partial charge is 0.227 e. The first kappa shape index (κ1) is 23.9. The van der Waals surface area contributed by atoms with Gasteiger partial charge in [0, 0.05) is 44.5 Å². The number of rotatable bonds is 5. The molecule has 0 N–H and O–H groups in total. The Morgan fingerprint density at radius 2 is 1.77 bits per heavy atom. The summed E-state index contributed by atoms with van der Waals surface area (Å²) in [7, 11) is 0. The lowest BCUT2D eigenvalue weighted by atomic mass is 9.96. The molecule has 0 aliphatic carbocycles. The number of aromatic nitrogens is 2. The van der Waals surface area contributed by atoms with Gasteiger partial charge in [-0.15, -0.1) is 0 Å². The summed E-state index contributed by atoms with van der Waals surface area (Å²) in [4.78, 5) is 25.4. The van der Waals surface area contributed by atoms with Crippen molar-refractivity contribution in [2.24, 2.45) is 5.92 Å². The van der Waals surface area contributed by atoms with Gasteiger partial charge in [-0.2, -0.15) is 0 Å². The Hall–Kier alpha value is -2.86. The zero-order valence-electron chi connectivity index (χ0n) is 21.7. The van der Waals surface area contributed by atoms with Gasteiger partial charge in [0.25, 0.3) is 0 Å². The predicted molar refractivity (Wildman–Crippen MR) is 143 cm³/mol. The zero-order valence-corrected chi connectivity index (χ0v) is 21.7. The van der Waals surface area contributed by atoms with Crippen molar-refractivity contribution in [3.63, 3.8) is 0 Å². The summed E-state index contributed by atoms with van der Waals surface area (Å²) in [5.41, 5.74) is 6.25. The maximum absolute atomic E-state index is 13.5. The van der Waals surface area contributed by atoms with Crippen LogP contribution in [0.1, 0.15) is 49.7 Å². The lowest BCUT2D eigenvalue weighted by Gasteiger charge is -2.40. The molecular formula is C29H39N5O. The lowest BCUT2D eigenvalue weighted by Crippen LogP contribution is -2.52. The summed E-state index contributed by atoms with van der Waals surface area (Å²) < 4.78 is 2.35. The van der Waals surface area contributed by atoms with Crippen molar-refractivity contribution in [3.05, 3.63) is 59.4 Å². The van der Waals surface area contributed by atoms with E-state index in [0.29, 0.717) is 11.9 Å². The van der Waals surface area contributed by atoms with E-state index < -0.39 is 0 Å². The highest BCUT2D eigenvalue weighted by Crippen LogP contribution is 2.27. The number of para-hydroxylation sites is 2. The van der Waals surface area contributed by atoms with Gasteiger partial charge in [-0.05, 0) is 76.4 Å². The largest absolute Gasteiger partial charge is 0.368 e. The van der Waals surface area contributed by atoms with Crippen LogP contribution < -0.4 is 4.90 Å². The number of hydrogen-bond acceptors (Lipinski definition) is 4. The molecule has 2 aromatic carbocycles. The summed E-state index contributed by atoms with van der Waals surface area (Å²) in [6, 6.07) is 15.3. The van der Waals surface area contributed by atoms with Gasteiger partial charge in [0.1, 0.15) is 5.82 Å². The number of piperidine rings is 1. The quantitative estimate of drug-likeness (QED) is 0.534. The Balaban J connectivity index is 1.22. The van der Waals surface area contributed by atoms with Crippen LogP contribution in [0.3, 0.4) is 0 Å². The van der Waals surface area contributed by atoms with E-state index in [1.54, 1.807) is 0 Å². The highest BCUT2D eigenvalue weighted by molar-refractivity contribution is 5.79. The van der Waals surface area contributed by atoms with Crippen molar-refractivity contribution in [2.45, 2.75) is 53.1 Å². The Labute approximate surface area is 209 Å². The molecule has 6 nitrogen and oxygen atoms in total. The number of piperazine rings is 1. The molecule has 6 heteroatoms. The van der Waals surface area contributed by atoms with Gasteiger partial charge in [0.05, 0.1) is 23.5 Å². The lowest BCUT2D eigenvalue weighted by molar-refractivity contribution is -0.137. The van der Waals surface area contributed by atoms with Crippen LogP contribution in [0.2, 0.25) is 0 Å². The van der Waals surface area contributed by atoms with Crippen LogP contribution in [0.4, 0.5) is 5.69 Å². The van der Waals surface area contributed by atoms with E-state index >= 15 is 0 Å². The first-order chi connectivity index (χ1) is 16.9. The average molecular weight is 474 g/mol. The van der Waals surface area contributed by atoms with Gasteiger partial charge < -0.3 is 14.4 Å². The second-order valence-electron chi connectivity index (χ2n) is 10.6. The molecule has 0 spiro atoms. The molecule has 2 aliphatic rings. The third kappa shape index (κ3) is 4.81. The predicted octanol–water partition coefficient (Wildman–Crippen LogP) is 4.79. The number of benzene rings is 2. The molecule has 3 aromatic rings. The summed E-state index contributed by atoms with van der Waals surface area (Å²) in [6.07, 6.45) is 2.06. The Morgan fingerprint density at radius 1 is 1.00 bits per heavy atom. The summed E-state index contributed by atoms with van der Waals surface area (Å²) in [6.45, 7) is 14.9. The number of hydrogen-bond donors (Lipinski definition) is 0.